The molecule has 2 aromatic rings. The molecule has 29 heavy (non-hydrogen) atoms. The summed E-state index contributed by atoms with van der Waals surface area (Å²) in [5.41, 5.74) is -0.300. The molecule has 0 bridgehead atoms. The van der Waals surface area contributed by atoms with Crippen molar-refractivity contribution in [3.63, 3.8) is 0 Å². The van der Waals surface area contributed by atoms with E-state index in [1.165, 1.54) is 15.6 Å². The van der Waals surface area contributed by atoms with E-state index >= 15 is 0 Å². The van der Waals surface area contributed by atoms with E-state index < -0.39 is 34.6 Å². The number of fused-ring (bicyclic) bond motifs is 1. The number of rotatable bonds is 7. The van der Waals surface area contributed by atoms with E-state index in [1.54, 1.807) is 6.92 Å². The van der Waals surface area contributed by atoms with E-state index in [4.69, 9.17) is 11.6 Å². The third kappa shape index (κ3) is 4.21. The number of carbonyl (C=O) groups is 1. The van der Waals surface area contributed by atoms with Crippen molar-refractivity contribution in [2.75, 3.05) is 6.54 Å². The van der Waals surface area contributed by atoms with E-state index in [9.17, 15) is 28.1 Å². The highest BCUT2D eigenvalue weighted by molar-refractivity contribution is 6.32. The van der Waals surface area contributed by atoms with Crippen LogP contribution < -0.4 is 5.32 Å². The van der Waals surface area contributed by atoms with Gasteiger partial charge in [-0.25, -0.2) is 0 Å². The van der Waals surface area contributed by atoms with Gasteiger partial charge in [-0.1, -0.05) is 18.5 Å². The predicted molar refractivity (Wildman–Crippen MR) is 95.5 cm³/mol. The highest BCUT2D eigenvalue weighted by Crippen LogP contribution is 2.37. The molecule has 1 aliphatic rings. The molecule has 158 valence electrons. The fourth-order valence-corrected chi connectivity index (χ4v) is 3.68. The molecule has 1 amide bonds. The van der Waals surface area contributed by atoms with Gasteiger partial charge in [0.1, 0.15) is 6.04 Å². The fourth-order valence-electron chi connectivity index (χ4n) is 3.46. The SMILES string of the molecule is CCC(C(=O)NCCn1cc(Cl)c([N+](=O)[O-])n1)n1nc(C(F)(F)F)c2c1CCC2. The number of aromatic nitrogens is 4. The maximum atomic E-state index is 13.3. The molecule has 0 saturated carbocycles. The summed E-state index contributed by atoms with van der Waals surface area (Å²) < 4.78 is 42.2. The molecule has 0 fully saturated rings. The second kappa shape index (κ2) is 8.01. The molecule has 1 atom stereocenters. The number of nitrogens with zero attached hydrogens (tertiary/aromatic N) is 5. The largest absolute Gasteiger partial charge is 0.435 e. The zero-order valence-electron chi connectivity index (χ0n) is 15.4. The van der Waals surface area contributed by atoms with Crippen LogP contribution in [-0.4, -0.2) is 36.9 Å². The lowest BCUT2D eigenvalue weighted by atomic mass is 10.1. The Bertz CT molecular complexity index is 939. The number of nitrogens with one attached hydrogen (secondary N) is 1. The third-order valence-electron chi connectivity index (χ3n) is 4.72. The smallest absolute Gasteiger partial charge is 0.358 e. The number of hydrogen-bond donors (Lipinski definition) is 1. The van der Waals surface area contributed by atoms with Gasteiger partial charge in [0.25, 0.3) is 0 Å². The number of alkyl halides is 3. The summed E-state index contributed by atoms with van der Waals surface area (Å²) in [5, 5.41) is 20.7. The van der Waals surface area contributed by atoms with Gasteiger partial charge in [-0.15, -0.1) is 0 Å². The second-order valence-electron chi connectivity index (χ2n) is 6.61. The monoisotopic (exact) mass is 434 g/mol. The highest BCUT2D eigenvalue weighted by Gasteiger charge is 2.41. The van der Waals surface area contributed by atoms with Gasteiger partial charge in [0.15, 0.2) is 10.7 Å². The first-order valence-electron chi connectivity index (χ1n) is 8.96. The first-order valence-corrected chi connectivity index (χ1v) is 9.33. The fraction of sp³-hybridized carbons (Fsp3) is 0.562. The standard InChI is InChI=1S/C16H18ClF3N6O3/c1-2-11(25-12-5-3-4-9(12)13(22-25)16(18,19)20)15(27)21-6-7-24-8-10(17)14(23-24)26(28)29/h8,11H,2-7H2,1H3,(H,21,27). The summed E-state index contributed by atoms with van der Waals surface area (Å²) in [6.07, 6.45) is -1.72. The molecule has 13 heteroatoms. The number of halogens is 4. The lowest BCUT2D eigenvalue weighted by Gasteiger charge is -2.17. The lowest BCUT2D eigenvalue weighted by Crippen LogP contribution is -2.35. The van der Waals surface area contributed by atoms with Crippen molar-refractivity contribution in [3.05, 3.63) is 38.3 Å². The Kier molecular flexibility index (Phi) is 5.82. The molecule has 3 rings (SSSR count). The van der Waals surface area contributed by atoms with Crippen LogP contribution in [0.5, 0.6) is 0 Å². The number of hydrogen-bond acceptors (Lipinski definition) is 5. The first kappa shape index (κ1) is 21.1. The van der Waals surface area contributed by atoms with Gasteiger partial charge in [0, 0.05) is 17.8 Å². The van der Waals surface area contributed by atoms with Crippen LogP contribution in [0.3, 0.4) is 0 Å². The molecule has 1 N–H and O–H groups in total. The second-order valence-corrected chi connectivity index (χ2v) is 7.01. The zero-order chi connectivity index (χ0) is 21.3. The normalized spacial score (nSPS) is 14.7. The molecule has 0 radical (unpaired) electrons. The molecule has 0 saturated heterocycles. The Hall–Kier alpha value is -2.63. The molecule has 9 nitrogen and oxygen atoms in total. The van der Waals surface area contributed by atoms with Gasteiger partial charge in [-0.05, 0) is 30.6 Å². The quantitative estimate of drug-likeness (QED) is 0.532. The van der Waals surface area contributed by atoms with Gasteiger partial charge >= 0.3 is 12.0 Å². The maximum Gasteiger partial charge on any atom is 0.435 e. The van der Waals surface area contributed by atoms with Crippen molar-refractivity contribution in [2.24, 2.45) is 0 Å². The van der Waals surface area contributed by atoms with Crippen LogP contribution in [0.25, 0.3) is 0 Å². The van der Waals surface area contributed by atoms with Gasteiger partial charge < -0.3 is 15.4 Å². The molecular formula is C16H18ClF3N6O3. The summed E-state index contributed by atoms with van der Waals surface area (Å²) in [5.74, 6) is -0.970. The molecule has 2 aromatic heterocycles. The van der Waals surface area contributed by atoms with Crippen LogP contribution in [0.2, 0.25) is 5.02 Å². The van der Waals surface area contributed by atoms with E-state index in [1.807, 2.05) is 0 Å². The first-order chi connectivity index (χ1) is 13.6. The molecular weight excluding hydrogens is 417 g/mol. The van der Waals surface area contributed by atoms with E-state index in [0.717, 1.165) is 0 Å². The van der Waals surface area contributed by atoms with Gasteiger partial charge in [0.2, 0.25) is 5.91 Å². The van der Waals surface area contributed by atoms with E-state index in [2.05, 4.69) is 15.5 Å². The number of amides is 1. The Morgan fingerprint density at radius 1 is 1.41 bits per heavy atom. The maximum absolute atomic E-state index is 13.3. The average Bonchev–Trinajstić information content (AvgIpc) is 3.30. The van der Waals surface area contributed by atoms with Crippen molar-refractivity contribution in [3.8, 4) is 0 Å². The minimum Gasteiger partial charge on any atom is -0.358 e. The molecule has 0 aromatic carbocycles. The van der Waals surface area contributed by atoms with Crippen LogP contribution in [0.4, 0.5) is 19.0 Å². The number of carbonyl (C=O) groups excluding carboxylic acids is 1. The van der Waals surface area contributed by atoms with Gasteiger partial charge in [-0.3, -0.25) is 9.48 Å². The third-order valence-corrected chi connectivity index (χ3v) is 4.99. The van der Waals surface area contributed by atoms with Crippen LogP contribution in [0.15, 0.2) is 6.20 Å². The summed E-state index contributed by atoms with van der Waals surface area (Å²) in [7, 11) is 0. The summed E-state index contributed by atoms with van der Waals surface area (Å²) >= 11 is 5.71. The average molecular weight is 435 g/mol. The predicted octanol–water partition coefficient (Wildman–Crippen LogP) is 2.92. The molecule has 1 aliphatic carbocycles. The topological polar surface area (TPSA) is 108 Å². The molecule has 2 heterocycles. The highest BCUT2D eigenvalue weighted by atomic mass is 35.5. The molecule has 1 unspecified atom stereocenters. The minimum absolute atomic E-state index is 0.0695. The van der Waals surface area contributed by atoms with Crippen LogP contribution in [0.1, 0.15) is 42.8 Å². The molecule has 0 aliphatic heterocycles. The van der Waals surface area contributed by atoms with E-state index in [0.29, 0.717) is 25.0 Å². The van der Waals surface area contributed by atoms with Crippen LogP contribution in [-0.2, 0) is 30.4 Å². The van der Waals surface area contributed by atoms with Gasteiger partial charge in [-0.2, -0.15) is 23.0 Å². The molecule has 0 spiro atoms. The van der Waals surface area contributed by atoms with Crippen molar-refractivity contribution < 1.29 is 22.9 Å². The Labute approximate surface area is 168 Å². The van der Waals surface area contributed by atoms with Crippen LogP contribution >= 0.6 is 11.6 Å². The summed E-state index contributed by atoms with van der Waals surface area (Å²) in [4.78, 5) is 22.6. The minimum atomic E-state index is -4.57. The van der Waals surface area contributed by atoms with Crippen LogP contribution in [0, 0.1) is 10.1 Å². The van der Waals surface area contributed by atoms with Gasteiger partial charge in [0.05, 0.1) is 17.8 Å². The number of nitro groups is 1. The zero-order valence-corrected chi connectivity index (χ0v) is 16.1. The van der Waals surface area contributed by atoms with Crippen molar-refractivity contribution in [1.29, 1.82) is 0 Å². The summed E-state index contributed by atoms with van der Waals surface area (Å²) in [6, 6.07) is -0.881. The lowest BCUT2D eigenvalue weighted by molar-refractivity contribution is -0.389. The van der Waals surface area contributed by atoms with Crippen molar-refractivity contribution >= 4 is 23.3 Å². The Morgan fingerprint density at radius 3 is 2.72 bits per heavy atom. The summed E-state index contributed by atoms with van der Waals surface area (Å²) in [6.45, 7) is 1.87. The Morgan fingerprint density at radius 2 is 2.14 bits per heavy atom. The Balaban J connectivity index is 1.70. The van der Waals surface area contributed by atoms with Crippen molar-refractivity contribution in [2.45, 2.75) is 51.4 Å². The van der Waals surface area contributed by atoms with E-state index in [-0.39, 0.29) is 30.1 Å². The van der Waals surface area contributed by atoms with Crippen molar-refractivity contribution in [1.82, 2.24) is 24.9 Å².